The highest BCUT2D eigenvalue weighted by atomic mass is 16.7. The average Bonchev–Trinajstić information content (AvgIpc) is 3.06. The molecule has 6 nitrogen and oxygen atoms in total. The topological polar surface area (TPSA) is 67.9 Å². The molecule has 1 unspecified atom stereocenters. The molecule has 0 spiro atoms. The van der Waals surface area contributed by atoms with E-state index in [4.69, 9.17) is 9.47 Å². The molecular weight excluding hydrogens is 320 g/mol. The molecule has 1 aromatic rings. The number of hydrogen-bond donors (Lipinski definition) is 1. The van der Waals surface area contributed by atoms with E-state index in [1.165, 1.54) is 0 Å². The van der Waals surface area contributed by atoms with Gasteiger partial charge in [-0.15, -0.1) is 13.2 Å². The van der Waals surface area contributed by atoms with Crippen molar-refractivity contribution >= 4 is 11.8 Å². The zero-order chi connectivity index (χ0) is 18.2. The zero-order valence-corrected chi connectivity index (χ0v) is 14.5. The lowest BCUT2D eigenvalue weighted by atomic mass is 10.1. The van der Waals surface area contributed by atoms with Gasteiger partial charge in [-0.1, -0.05) is 18.2 Å². The zero-order valence-electron chi connectivity index (χ0n) is 14.5. The van der Waals surface area contributed by atoms with Gasteiger partial charge in [-0.05, 0) is 31.0 Å². The second-order valence-corrected chi connectivity index (χ2v) is 5.80. The largest absolute Gasteiger partial charge is 0.454 e. The Kier molecular flexibility index (Phi) is 6.62. The molecule has 1 aliphatic heterocycles. The van der Waals surface area contributed by atoms with Crippen molar-refractivity contribution in [3.63, 3.8) is 0 Å². The van der Waals surface area contributed by atoms with Gasteiger partial charge in [0.15, 0.2) is 11.5 Å². The van der Waals surface area contributed by atoms with Crippen molar-refractivity contribution in [3.8, 4) is 11.5 Å². The minimum Gasteiger partial charge on any atom is -0.454 e. The first-order valence-electron chi connectivity index (χ1n) is 8.23. The molecule has 0 aliphatic carbocycles. The van der Waals surface area contributed by atoms with Crippen LogP contribution in [0.25, 0.3) is 0 Å². The molecule has 6 heteroatoms. The molecule has 1 N–H and O–H groups in total. The van der Waals surface area contributed by atoms with Crippen LogP contribution in [0.5, 0.6) is 11.5 Å². The fourth-order valence-corrected chi connectivity index (χ4v) is 2.57. The maximum Gasteiger partial charge on any atom is 0.245 e. The van der Waals surface area contributed by atoms with Crippen LogP contribution >= 0.6 is 0 Å². The third-order valence-electron chi connectivity index (χ3n) is 3.84. The Hall–Kier alpha value is -2.76. The molecule has 1 atom stereocenters. The molecule has 0 aromatic heterocycles. The van der Waals surface area contributed by atoms with Crippen LogP contribution in [0.3, 0.4) is 0 Å². The van der Waals surface area contributed by atoms with Gasteiger partial charge in [-0.25, -0.2) is 0 Å². The van der Waals surface area contributed by atoms with Crippen LogP contribution in [-0.4, -0.2) is 42.6 Å². The summed E-state index contributed by atoms with van der Waals surface area (Å²) in [6.07, 6.45) is 4.15. The van der Waals surface area contributed by atoms with Crippen molar-refractivity contribution in [1.29, 1.82) is 0 Å². The van der Waals surface area contributed by atoms with Gasteiger partial charge in [0.2, 0.25) is 18.6 Å². The molecule has 0 saturated heterocycles. The molecule has 0 fully saturated rings. The van der Waals surface area contributed by atoms with E-state index in [0.29, 0.717) is 31.7 Å². The maximum atomic E-state index is 12.3. The molecule has 0 radical (unpaired) electrons. The number of carbonyl (C=O) groups is 2. The minimum absolute atomic E-state index is 0.156. The Balaban J connectivity index is 1.83. The van der Waals surface area contributed by atoms with Gasteiger partial charge in [-0.3, -0.25) is 9.59 Å². The van der Waals surface area contributed by atoms with E-state index in [2.05, 4.69) is 18.5 Å². The van der Waals surface area contributed by atoms with E-state index in [1.807, 2.05) is 18.2 Å². The summed E-state index contributed by atoms with van der Waals surface area (Å²) in [5.74, 6) is 1.09. The van der Waals surface area contributed by atoms with E-state index < -0.39 is 6.04 Å². The summed E-state index contributed by atoms with van der Waals surface area (Å²) in [6, 6.07) is 5.03. The number of nitrogens with one attached hydrogen (secondary N) is 1. The highest BCUT2D eigenvalue weighted by Crippen LogP contribution is 2.32. The van der Waals surface area contributed by atoms with Crippen LogP contribution in [0.15, 0.2) is 43.5 Å². The lowest BCUT2D eigenvalue weighted by molar-refractivity contribution is -0.135. The van der Waals surface area contributed by atoms with Gasteiger partial charge >= 0.3 is 0 Å². The quantitative estimate of drug-likeness (QED) is 0.696. The summed E-state index contributed by atoms with van der Waals surface area (Å²) in [7, 11) is 0. The van der Waals surface area contributed by atoms with Crippen LogP contribution in [0.1, 0.15) is 18.9 Å². The molecule has 1 aromatic carbocycles. The van der Waals surface area contributed by atoms with Gasteiger partial charge < -0.3 is 19.7 Å². The first-order chi connectivity index (χ1) is 12.0. The van der Waals surface area contributed by atoms with Crippen molar-refractivity contribution in [2.75, 3.05) is 19.9 Å². The second-order valence-electron chi connectivity index (χ2n) is 5.80. The Bertz CT molecular complexity index is 647. The number of benzene rings is 1. The number of aryl methyl sites for hydroxylation is 1. The fraction of sp³-hybridized carbons (Fsp3) is 0.368. The van der Waals surface area contributed by atoms with Crippen molar-refractivity contribution in [1.82, 2.24) is 10.2 Å². The first-order valence-corrected chi connectivity index (χ1v) is 8.23. The number of ether oxygens (including phenoxy) is 2. The van der Waals surface area contributed by atoms with Crippen LogP contribution in [0, 0.1) is 0 Å². The fourth-order valence-electron chi connectivity index (χ4n) is 2.57. The lowest BCUT2D eigenvalue weighted by Crippen LogP contribution is -2.47. The van der Waals surface area contributed by atoms with Crippen molar-refractivity contribution in [3.05, 3.63) is 49.1 Å². The normalized spacial score (nSPS) is 13.0. The van der Waals surface area contributed by atoms with E-state index in [1.54, 1.807) is 24.0 Å². The number of hydrogen-bond acceptors (Lipinski definition) is 4. The van der Waals surface area contributed by atoms with E-state index in [0.717, 1.165) is 11.3 Å². The molecule has 25 heavy (non-hydrogen) atoms. The molecular formula is C19H24N2O4. The Morgan fingerprint density at radius 2 is 1.92 bits per heavy atom. The standard InChI is InChI=1S/C19H24N2O4/c1-4-10-21(11-5-2)19(23)14(3)20-18(22)9-7-15-6-8-16-17(12-15)25-13-24-16/h4-6,8,12,14H,1-2,7,9-11,13H2,3H3,(H,20,22). The molecule has 0 saturated carbocycles. The highest BCUT2D eigenvalue weighted by Gasteiger charge is 2.20. The highest BCUT2D eigenvalue weighted by molar-refractivity contribution is 5.87. The number of rotatable bonds is 9. The third-order valence-corrected chi connectivity index (χ3v) is 3.84. The third kappa shape index (κ3) is 5.11. The van der Waals surface area contributed by atoms with Crippen LogP contribution in [-0.2, 0) is 16.0 Å². The van der Waals surface area contributed by atoms with Gasteiger partial charge in [0.1, 0.15) is 6.04 Å². The molecule has 2 amide bonds. The average molecular weight is 344 g/mol. The minimum atomic E-state index is -0.593. The summed E-state index contributed by atoms with van der Waals surface area (Å²) in [4.78, 5) is 26.1. The number of amides is 2. The van der Waals surface area contributed by atoms with Gasteiger partial charge in [0, 0.05) is 19.5 Å². The summed E-state index contributed by atoms with van der Waals surface area (Å²) >= 11 is 0. The number of carbonyl (C=O) groups excluding carboxylic acids is 2. The van der Waals surface area contributed by atoms with Crippen LogP contribution < -0.4 is 14.8 Å². The van der Waals surface area contributed by atoms with Crippen molar-refractivity contribution in [2.24, 2.45) is 0 Å². The first kappa shape index (κ1) is 18.6. The monoisotopic (exact) mass is 344 g/mol. The number of fused-ring (bicyclic) bond motifs is 1. The van der Waals surface area contributed by atoms with Gasteiger partial charge in [0.25, 0.3) is 0 Å². The molecule has 134 valence electrons. The van der Waals surface area contributed by atoms with Gasteiger partial charge in [-0.2, -0.15) is 0 Å². The lowest BCUT2D eigenvalue weighted by Gasteiger charge is -2.23. The molecule has 1 heterocycles. The number of nitrogens with zero attached hydrogens (tertiary/aromatic N) is 1. The Labute approximate surface area is 148 Å². The predicted octanol–water partition coefficient (Wildman–Crippen LogP) is 2.05. The smallest absolute Gasteiger partial charge is 0.245 e. The summed E-state index contributed by atoms with van der Waals surface area (Å²) in [6.45, 7) is 10.0. The van der Waals surface area contributed by atoms with E-state index >= 15 is 0 Å². The SMILES string of the molecule is C=CCN(CC=C)C(=O)C(C)NC(=O)CCc1ccc2c(c1)OCO2. The molecule has 2 rings (SSSR count). The Morgan fingerprint density at radius 1 is 1.24 bits per heavy atom. The van der Waals surface area contributed by atoms with E-state index in [-0.39, 0.29) is 18.6 Å². The van der Waals surface area contributed by atoms with E-state index in [9.17, 15) is 9.59 Å². The molecule has 0 bridgehead atoms. The van der Waals surface area contributed by atoms with Crippen molar-refractivity contribution in [2.45, 2.75) is 25.8 Å². The maximum absolute atomic E-state index is 12.3. The van der Waals surface area contributed by atoms with Gasteiger partial charge in [0.05, 0.1) is 0 Å². The summed E-state index contributed by atoms with van der Waals surface area (Å²) in [5.41, 5.74) is 0.985. The summed E-state index contributed by atoms with van der Waals surface area (Å²) < 4.78 is 10.6. The molecule has 1 aliphatic rings. The van der Waals surface area contributed by atoms with Crippen LogP contribution in [0.4, 0.5) is 0 Å². The van der Waals surface area contributed by atoms with Crippen LogP contribution in [0.2, 0.25) is 0 Å². The second kappa shape index (κ2) is 8.92. The Morgan fingerprint density at radius 3 is 2.60 bits per heavy atom. The predicted molar refractivity (Wildman–Crippen MR) is 95.5 cm³/mol. The van der Waals surface area contributed by atoms with Crippen molar-refractivity contribution < 1.29 is 19.1 Å². The summed E-state index contributed by atoms with van der Waals surface area (Å²) in [5, 5.41) is 2.74.